The van der Waals surface area contributed by atoms with Gasteiger partial charge in [0.15, 0.2) is 11.5 Å². The third-order valence-electron chi connectivity index (χ3n) is 5.28. The zero-order valence-corrected chi connectivity index (χ0v) is 17.9. The Labute approximate surface area is 176 Å². The summed E-state index contributed by atoms with van der Waals surface area (Å²) in [6, 6.07) is 2.23. The molecule has 1 atom stereocenters. The van der Waals surface area contributed by atoms with Crippen molar-refractivity contribution in [3.8, 4) is 17.2 Å². The van der Waals surface area contributed by atoms with Crippen LogP contribution in [0.25, 0.3) is 0 Å². The Kier molecular flexibility index (Phi) is 7.04. The van der Waals surface area contributed by atoms with Crippen LogP contribution in [0.3, 0.4) is 0 Å². The van der Waals surface area contributed by atoms with E-state index >= 15 is 0 Å². The standard InChI is InChI=1S/C21H29N3O6/c1-5-30-20(25)18-14(12-24-8-6-7-9-24)22-21(26)23-19(18)13-10-16(28-3)17(29-4)11-15(13)27-2/h10-11,19H,5-9,12H2,1-4H3,(H2,22,23,26)/t19-/m1/s1. The normalized spacial score (nSPS) is 19.2. The van der Waals surface area contributed by atoms with Gasteiger partial charge in [0.05, 0.1) is 39.6 Å². The SMILES string of the molecule is CCOC(=O)C1=C(CN2CCCC2)NC(=O)N[C@@H]1c1cc(OC)c(OC)cc1OC. The van der Waals surface area contributed by atoms with Crippen molar-refractivity contribution in [2.24, 2.45) is 0 Å². The Morgan fingerprint density at radius 2 is 1.70 bits per heavy atom. The van der Waals surface area contributed by atoms with E-state index < -0.39 is 12.0 Å². The van der Waals surface area contributed by atoms with Gasteiger partial charge in [-0.2, -0.15) is 0 Å². The van der Waals surface area contributed by atoms with Crippen LogP contribution in [0.5, 0.6) is 17.2 Å². The predicted molar refractivity (Wildman–Crippen MR) is 110 cm³/mol. The van der Waals surface area contributed by atoms with Gasteiger partial charge in [-0.3, -0.25) is 4.90 Å². The minimum Gasteiger partial charge on any atom is -0.496 e. The molecule has 0 aromatic heterocycles. The number of carbonyl (C=O) groups excluding carboxylic acids is 2. The molecule has 9 nitrogen and oxygen atoms in total. The minimum absolute atomic E-state index is 0.225. The van der Waals surface area contributed by atoms with Crippen molar-refractivity contribution < 1.29 is 28.5 Å². The van der Waals surface area contributed by atoms with Gasteiger partial charge in [0.2, 0.25) is 0 Å². The van der Waals surface area contributed by atoms with Crippen molar-refractivity contribution in [2.75, 3.05) is 47.6 Å². The number of esters is 1. The molecule has 1 aromatic carbocycles. The maximum atomic E-state index is 13.0. The van der Waals surface area contributed by atoms with Gasteiger partial charge in [0, 0.05) is 23.9 Å². The van der Waals surface area contributed by atoms with Crippen molar-refractivity contribution in [1.82, 2.24) is 15.5 Å². The molecule has 0 aliphatic carbocycles. The van der Waals surface area contributed by atoms with Crippen molar-refractivity contribution in [3.05, 3.63) is 29.0 Å². The molecule has 0 saturated carbocycles. The number of hydrogen-bond donors (Lipinski definition) is 2. The highest BCUT2D eigenvalue weighted by molar-refractivity contribution is 5.95. The van der Waals surface area contributed by atoms with Crippen molar-refractivity contribution in [2.45, 2.75) is 25.8 Å². The van der Waals surface area contributed by atoms with Gasteiger partial charge in [0.1, 0.15) is 5.75 Å². The maximum Gasteiger partial charge on any atom is 0.338 e. The van der Waals surface area contributed by atoms with Gasteiger partial charge in [-0.05, 0) is 38.9 Å². The highest BCUT2D eigenvalue weighted by Crippen LogP contribution is 2.41. The van der Waals surface area contributed by atoms with E-state index in [9.17, 15) is 9.59 Å². The predicted octanol–water partition coefficient (Wildman–Crippen LogP) is 1.98. The van der Waals surface area contributed by atoms with Crippen LogP contribution >= 0.6 is 0 Å². The Hall–Kier alpha value is -2.94. The van der Waals surface area contributed by atoms with Gasteiger partial charge in [-0.25, -0.2) is 9.59 Å². The quantitative estimate of drug-likeness (QED) is 0.622. The number of urea groups is 1. The fourth-order valence-corrected chi connectivity index (χ4v) is 3.87. The van der Waals surface area contributed by atoms with Crippen molar-refractivity contribution in [3.63, 3.8) is 0 Å². The lowest BCUT2D eigenvalue weighted by Gasteiger charge is -2.32. The summed E-state index contributed by atoms with van der Waals surface area (Å²) in [7, 11) is 4.57. The highest BCUT2D eigenvalue weighted by atomic mass is 16.5. The van der Waals surface area contributed by atoms with Crippen LogP contribution in [-0.4, -0.2) is 64.5 Å². The molecule has 0 unspecified atom stereocenters. The third-order valence-corrected chi connectivity index (χ3v) is 5.28. The number of nitrogens with zero attached hydrogens (tertiary/aromatic N) is 1. The molecule has 2 aliphatic rings. The molecule has 1 aromatic rings. The molecule has 1 saturated heterocycles. The number of methoxy groups -OCH3 is 3. The summed E-state index contributed by atoms with van der Waals surface area (Å²) in [6.07, 6.45) is 2.20. The number of benzene rings is 1. The first-order valence-electron chi connectivity index (χ1n) is 10.0. The zero-order chi connectivity index (χ0) is 21.7. The van der Waals surface area contributed by atoms with E-state index in [4.69, 9.17) is 18.9 Å². The average molecular weight is 419 g/mol. The average Bonchev–Trinajstić information content (AvgIpc) is 3.25. The molecular formula is C21H29N3O6. The van der Waals surface area contributed by atoms with Crippen molar-refractivity contribution in [1.29, 1.82) is 0 Å². The smallest absolute Gasteiger partial charge is 0.338 e. The molecule has 9 heteroatoms. The molecule has 1 fully saturated rings. The Bertz CT molecular complexity index is 832. The minimum atomic E-state index is -0.759. The van der Waals surface area contributed by atoms with E-state index in [1.165, 1.54) is 21.3 Å². The topological polar surface area (TPSA) is 98.4 Å². The van der Waals surface area contributed by atoms with Crippen LogP contribution < -0.4 is 24.8 Å². The van der Waals surface area contributed by atoms with Crippen molar-refractivity contribution >= 4 is 12.0 Å². The fraction of sp³-hybridized carbons (Fsp3) is 0.524. The molecule has 3 rings (SSSR count). The molecule has 0 radical (unpaired) electrons. The van der Waals surface area contributed by atoms with Gasteiger partial charge >= 0.3 is 12.0 Å². The van der Waals surface area contributed by atoms with E-state index in [2.05, 4.69) is 15.5 Å². The lowest BCUT2D eigenvalue weighted by Crippen LogP contribution is -2.48. The second kappa shape index (κ2) is 9.71. The Morgan fingerprint density at radius 3 is 2.30 bits per heavy atom. The lowest BCUT2D eigenvalue weighted by molar-refractivity contribution is -0.139. The first kappa shape index (κ1) is 21.8. The molecule has 164 valence electrons. The molecule has 2 heterocycles. The van der Waals surface area contributed by atoms with Crippen LogP contribution in [0.4, 0.5) is 4.79 Å². The zero-order valence-electron chi connectivity index (χ0n) is 17.9. The molecule has 0 spiro atoms. The van der Waals surface area contributed by atoms with E-state index in [0.29, 0.717) is 40.6 Å². The summed E-state index contributed by atoms with van der Waals surface area (Å²) in [4.78, 5) is 27.7. The summed E-state index contributed by atoms with van der Waals surface area (Å²) in [5.41, 5.74) is 1.47. The monoisotopic (exact) mass is 419 g/mol. The summed E-state index contributed by atoms with van der Waals surface area (Å²) in [5.74, 6) is 0.922. The summed E-state index contributed by atoms with van der Waals surface area (Å²) in [6.45, 7) is 4.29. The van der Waals surface area contributed by atoms with Gasteiger partial charge < -0.3 is 29.6 Å². The Balaban J connectivity index is 2.12. The number of rotatable bonds is 8. The first-order valence-corrected chi connectivity index (χ1v) is 10.0. The molecule has 2 aliphatic heterocycles. The lowest BCUT2D eigenvalue weighted by atomic mass is 9.93. The van der Waals surface area contributed by atoms with E-state index in [-0.39, 0.29) is 12.6 Å². The second-order valence-electron chi connectivity index (χ2n) is 7.08. The largest absolute Gasteiger partial charge is 0.496 e. The Morgan fingerprint density at radius 1 is 1.07 bits per heavy atom. The fourth-order valence-electron chi connectivity index (χ4n) is 3.87. The van der Waals surface area contributed by atoms with Gasteiger partial charge in [0.25, 0.3) is 0 Å². The van der Waals surface area contributed by atoms with Crippen LogP contribution in [0.15, 0.2) is 23.4 Å². The molecule has 2 N–H and O–H groups in total. The van der Waals surface area contributed by atoms with Gasteiger partial charge in [-0.15, -0.1) is 0 Å². The van der Waals surface area contributed by atoms with Gasteiger partial charge in [-0.1, -0.05) is 0 Å². The number of nitrogens with one attached hydrogen (secondary N) is 2. The van der Waals surface area contributed by atoms with Crippen LogP contribution in [0.2, 0.25) is 0 Å². The number of hydrogen-bond acceptors (Lipinski definition) is 7. The van der Waals surface area contributed by atoms with E-state index in [1.54, 1.807) is 19.1 Å². The van der Waals surface area contributed by atoms with Crippen LogP contribution in [0.1, 0.15) is 31.4 Å². The highest BCUT2D eigenvalue weighted by Gasteiger charge is 2.36. The molecule has 0 bridgehead atoms. The number of ether oxygens (including phenoxy) is 4. The van der Waals surface area contributed by atoms with E-state index in [0.717, 1.165) is 25.9 Å². The summed E-state index contributed by atoms with van der Waals surface area (Å²) >= 11 is 0. The summed E-state index contributed by atoms with van der Waals surface area (Å²) in [5, 5.41) is 5.65. The second-order valence-corrected chi connectivity index (χ2v) is 7.08. The van der Waals surface area contributed by atoms with Crippen LogP contribution in [-0.2, 0) is 9.53 Å². The molecule has 2 amide bonds. The summed E-state index contributed by atoms with van der Waals surface area (Å²) < 4.78 is 21.6. The molecule has 30 heavy (non-hydrogen) atoms. The van der Waals surface area contributed by atoms with Crippen LogP contribution in [0, 0.1) is 0 Å². The van der Waals surface area contributed by atoms with E-state index in [1.807, 2.05) is 0 Å². The number of likely N-dealkylation sites (tertiary alicyclic amines) is 1. The third kappa shape index (κ3) is 4.46. The number of carbonyl (C=O) groups is 2. The molecular weight excluding hydrogens is 390 g/mol. The first-order chi connectivity index (χ1) is 14.5. The maximum absolute atomic E-state index is 13.0. The number of amides is 2.